The largest absolute Gasteiger partial charge is 0.469 e. The average molecular weight is 172 g/mol. The first kappa shape index (κ1) is 8.99. The van der Waals surface area contributed by atoms with E-state index in [4.69, 9.17) is 5.73 Å². The Morgan fingerprint density at radius 3 is 2.50 bits per heavy atom. The molecular formula is C7H12N2O3. The van der Waals surface area contributed by atoms with E-state index in [1.165, 1.54) is 7.11 Å². The van der Waals surface area contributed by atoms with E-state index < -0.39 is 17.7 Å². The smallest absolute Gasteiger partial charge is 0.310 e. The third kappa shape index (κ3) is 1.55. The van der Waals surface area contributed by atoms with Gasteiger partial charge in [0.15, 0.2) is 0 Å². The van der Waals surface area contributed by atoms with Crippen molar-refractivity contribution in [2.24, 2.45) is 17.6 Å². The molecule has 1 saturated heterocycles. The molecule has 3 N–H and O–H groups in total. The van der Waals surface area contributed by atoms with Crippen LogP contribution in [0.3, 0.4) is 0 Å². The molecule has 0 saturated carbocycles. The van der Waals surface area contributed by atoms with Crippen molar-refractivity contribution >= 4 is 11.9 Å². The maximum Gasteiger partial charge on any atom is 0.310 e. The van der Waals surface area contributed by atoms with Gasteiger partial charge < -0.3 is 15.8 Å². The molecule has 1 aliphatic heterocycles. The Balaban J connectivity index is 2.63. The number of primary amides is 1. The van der Waals surface area contributed by atoms with E-state index in [1.54, 1.807) is 0 Å². The van der Waals surface area contributed by atoms with E-state index in [2.05, 4.69) is 10.1 Å². The highest BCUT2D eigenvalue weighted by atomic mass is 16.5. The first-order valence-corrected chi connectivity index (χ1v) is 3.74. The monoisotopic (exact) mass is 172 g/mol. The van der Waals surface area contributed by atoms with Crippen molar-refractivity contribution in [3.05, 3.63) is 0 Å². The molecule has 0 aromatic rings. The number of nitrogens with one attached hydrogen (secondary N) is 1. The Labute approximate surface area is 70.2 Å². The lowest BCUT2D eigenvalue weighted by molar-refractivity contribution is -0.148. The summed E-state index contributed by atoms with van der Waals surface area (Å²) in [5.74, 6) is -1.65. The first-order chi connectivity index (χ1) is 5.66. The van der Waals surface area contributed by atoms with Gasteiger partial charge in [0, 0.05) is 13.1 Å². The number of carbonyl (C=O) groups excluding carboxylic acids is 2. The van der Waals surface area contributed by atoms with E-state index in [9.17, 15) is 9.59 Å². The number of hydrogen-bond donors (Lipinski definition) is 2. The van der Waals surface area contributed by atoms with Gasteiger partial charge in [-0.05, 0) is 0 Å². The highest BCUT2D eigenvalue weighted by molar-refractivity contribution is 5.85. The van der Waals surface area contributed by atoms with Crippen LogP contribution in [0.5, 0.6) is 0 Å². The van der Waals surface area contributed by atoms with Gasteiger partial charge in [-0.25, -0.2) is 0 Å². The van der Waals surface area contributed by atoms with Gasteiger partial charge in [0.2, 0.25) is 5.91 Å². The van der Waals surface area contributed by atoms with Gasteiger partial charge in [-0.3, -0.25) is 9.59 Å². The lowest BCUT2D eigenvalue weighted by atomic mass is 9.96. The molecule has 0 aromatic heterocycles. The molecule has 1 rings (SSSR count). The van der Waals surface area contributed by atoms with Crippen molar-refractivity contribution in [3.8, 4) is 0 Å². The summed E-state index contributed by atoms with van der Waals surface area (Å²) in [5, 5.41) is 2.92. The Kier molecular flexibility index (Phi) is 2.65. The topological polar surface area (TPSA) is 81.4 Å². The third-order valence-corrected chi connectivity index (χ3v) is 2.08. The van der Waals surface area contributed by atoms with E-state index in [0.29, 0.717) is 13.1 Å². The van der Waals surface area contributed by atoms with Gasteiger partial charge in [-0.15, -0.1) is 0 Å². The average Bonchev–Trinajstić information content (AvgIpc) is 2.50. The Hall–Kier alpha value is -1.10. The predicted molar refractivity (Wildman–Crippen MR) is 41.1 cm³/mol. The number of rotatable bonds is 2. The Bertz CT molecular complexity index is 205. The van der Waals surface area contributed by atoms with Crippen molar-refractivity contribution in [1.82, 2.24) is 5.32 Å². The molecule has 0 aliphatic carbocycles. The molecule has 2 atom stereocenters. The minimum Gasteiger partial charge on any atom is -0.469 e. The molecule has 1 aliphatic rings. The van der Waals surface area contributed by atoms with Gasteiger partial charge in [0.1, 0.15) is 0 Å². The van der Waals surface area contributed by atoms with Crippen LogP contribution in [0.1, 0.15) is 0 Å². The van der Waals surface area contributed by atoms with Crippen LogP contribution in [-0.2, 0) is 14.3 Å². The van der Waals surface area contributed by atoms with E-state index in [0.717, 1.165) is 0 Å². The summed E-state index contributed by atoms with van der Waals surface area (Å²) in [6.07, 6.45) is 0. The number of ether oxygens (including phenoxy) is 1. The third-order valence-electron chi connectivity index (χ3n) is 2.08. The predicted octanol–water partition coefficient (Wildman–Crippen LogP) is -1.52. The maximum atomic E-state index is 11.1. The van der Waals surface area contributed by atoms with E-state index in [-0.39, 0.29) is 5.97 Å². The minimum absolute atomic E-state index is 0.371. The second-order valence-corrected chi connectivity index (χ2v) is 2.80. The number of methoxy groups -OCH3 is 1. The van der Waals surface area contributed by atoms with Gasteiger partial charge in [-0.2, -0.15) is 0 Å². The molecule has 0 bridgehead atoms. The molecule has 0 radical (unpaired) electrons. The molecule has 0 unspecified atom stereocenters. The molecule has 68 valence electrons. The van der Waals surface area contributed by atoms with Crippen LogP contribution in [0, 0.1) is 11.8 Å². The molecule has 5 heteroatoms. The summed E-state index contributed by atoms with van der Waals surface area (Å²) in [4.78, 5) is 21.9. The van der Waals surface area contributed by atoms with Crippen LogP contribution in [0.15, 0.2) is 0 Å². The van der Waals surface area contributed by atoms with Gasteiger partial charge in [0.25, 0.3) is 0 Å². The van der Waals surface area contributed by atoms with Crippen molar-refractivity contribution < 1.29 is 14.3 Å². The Morgan fingerprint density at radius 1 is 1.42 bits per heavy atom. The number of esters is 1. The molecule has 1 heterocycles. The van der Waals surface area contributed by atoms with Crippen molar-refractivity contribution in [2.75, 3.05) is 20.2 Å². The summed E-state index contributed by atoms with van der Waals surface area (Å²) < 4.78 is 4.53. The number of amides is 1. The molecule has 0 spiro atoms. The molecule has 5 nitrogen and oxygen atoms in total. The zero-order chi connectivity index (χ0) is 9.14. The summed E-state index contributed by atoms with van der Waals surface area (Å²) >= 11 is 0. The highest BCUT2D eigenvalue weighted by Gasteiger charge is 2.37. The summed E-state index contributed by atoms with van der Waals surface area (Å²) in [5.41, 5.74) is 5.09. The van der Waals surface area contributed by atoms with E-state index >= 15 is 0 Å². The van der Waals surface area contributed by atoms with Crippen LogP contribution in [0.2, 0.25) is 0 Å². The fraction of sp³-hybridized carbons (Fsp3) is 0.714. The lowest BCUT2D eigenvalue weighted by Gasteiger charge is -2.11. The molecule has 0 aromatic carbocycles. The molecule has 1 fully saturated rings. The highest BCUT2D eigenvalue weighted by Crippen LogP contribution is 2.17. The summed E-state index contributed by atoms with van der Waals surface area (Å²) in [6.45, 7) is 0.940. The van der Waals surface area contributed by atoms with Crippen LogP contribution >= 0.6 is 0 Å². The first-order valence-electron chi connectivity index (χ1n) is 3.74. The summed E-state index contributed by atoms with van der Waals surface area (Å²) in [6, 6.07) is 0. The van der Waals surface area contributed by atoms with Crippen molar-refractivity contribution in [1.29, 1.82) is 0 Å². The maximum absolute atomic E-state index is 11.1. The number of nitrogens with two attached hydrogens (primary N) is 1. The zero-order valence-electron chi connectivity index (χ0n) is 6.87. The van der Waals surface area contributed by atoms with Crippen molar-refractivity contribution in [3.63, 3.8) is 0 Å². The van der Waals surface area contributed by atoms with E-state index in [1.807, 2.05) is 0 Å². The minimum atomic E-state index is -0.449. The number of hydrogen-bond acceptors (Lipinski definition) is 4. The molecule has 1 amide bonds. The normalized spacial score (nSPS) is 28.4. The van der Waals surface area contributed by atoms with Gasteiger partial charge in [-0.1, -0.05) is 0 Å². The molecule has 12 heavy (non-hydrogen) atoms. The standard InChI is InChI=1S/C7H12N2O3/c1-12-7(11)5-3-9-2-4(5)6(8)10/h4-5,9H,2-3H2,1H3,(H2,8,10)/t4-,5-/m0/s1. The number of carbonyl (C=O) groups is 2. The van der Waals surface area contributed by atoms with Crippen molar-refractivity contribution in [2.45, 2.75) is 0 Å². The molecular weight excluding hydrogens is 160 g/mol. The quantitative estimate of drug-likeness (QED) is 0.496. The van der Waals surface area contributed by atoms with Crippen LogP contribution in [0.4, 0.5) is 0 Å². The fourth-order valence-electron chi connectivity index (χ4n) is 1.38. The fourth-order valence-corrected chi connectivity index (χ4v) is 1.38. The van der Waals surface area contributed by atoms with Gasteiger partial charge >= 0.3 is 5.97 Å². The zero-order valence-corrected chi connectivity index (χ0v) is 6.87. The van der Waals surface area contributed by atoms with Crippen LogP contribution < -0.4 is 11.1 Å². The van der Waals surface area contributed by atoms with Gasteiger partial charge in [0.05, 0.1) is 18.9 Å². The van der Waals surface area contributed by atoms with Crippen LogP contribution in [-0.4, -0.2) is 32.1 Å². The second kappa shape index (κ2) is 3.53. The summed E-state index contributed by atoms with van der Waals surface area (Å²) in [7, 11) is 1.30. The Morgan fingerprint density at radius 2 is 2.00 bits per heavy atom. The van der Waals surface area contributed by atoms with Crippen LogP contribution in [0.25, 0.3) is 0 Å². The lowest BCUT2D eigenvalue weighted by Crippen LogP contribution is -2.33. The SMILES string of the molecule is COC(=O)[C@H]1CNC[C@@H]1C(N)=O. The second-order valence-electron chi connectivity index (χ2n) is 2.80.